The van der Waals surface area contributed by atoms with Crippen LogP contribution in [0.3, 0.4) is 0 Å². The van der Waals surface area contributed by atoms with E-state index in [1.807, 2.05) is 6.92 Å². The van der Waals surface area contributed by atoms with Crippen LogP contribution in [-0.2, 0) is 16.0 Å². The van der Waals surface area contributed by atoms with Gasteiger partial charge in [-0.15, -0.1) is 0 Å². The van der Waals surface area contributed by atoms with Crippen molar-refractivity contribution in [1.29, 1.82) is 0 Å². The Balaban J connectivity index is 2.03. The van der Waals surface area contributed by atoms with Gasteiger partial charge >= 0.3 is 6.03 Å². The fraction of sp³-hybridized carbons (Fsp3) is 0.400. The maximum absolute atomic E-state index is 12.8. The summed E-state index contributed by atoms with van der Waals surface area (Å²) >= 11 is 0. The van der Waals surface area contributed by atoms with Gasteiger partial charge in [0.15, 0.2) is 0 Å². The molecule has 1 saturated heterocycles. The number of nitrogens with one attached hydrogen (secondary N) is 1. The highest BCUT2D eigenvalue weighted by molar-refractivity contribution is 6.16. The average Bonchev–Trinajstić information content (AvgIpc) is 2.45. The number of carbonyl (C=O) groups is 3. The normalized spacial score (nSPS) is 18.9. The topological polar surface area (TPSA) is 66.5 Å². The zero-order valence-electron chi connectivity index (χ0n) is 11.8. The largest absolute Gasteiger partial charge is 0.330 e. The summed E-state index contributed by atoms with van der Waals surface area (Å²) in [5.74, 6) is -2.10. The number of nitrogens with zero attached hydrogens (tertiary/aromatic N) is 1. The lowest BCUT2D eigenvalue weighted by molar-refractivity contribution is -0.142. The Morgan fingerprint density at radius 1 is 1.19 bits per heavy atom. The molecule has 0 aliphatic carbocycles. The Bertz CT molecular complexity index is 557. The number of rotatable bonds is 5. The van der Waals surface area contributed by atoms with E-state index in [4.69, 9.17) is 0 Å². The van der Waals surface area contributed by atoms with Gasteiger partial charge in [-0.05, 0) is 30.5 Å². The predicted molar refractivity (Wildman–Crippen MR) is 73.8 cm³/mol. The van der Waals surface area contributed by atoms with Crippen molar-refractivity contribution in [3.63, 3.8) is 0 Å². The maximum atomic E-state index is 12.8. The van der Waals surface area contributed by atoms with Crippen molar-refractivity contribution >= 4 is 17.8 Å². The van der Waals surface area contributed by atoms with Gasteiger partial charge in [0.05, 0.1) is 0 Å². The fourth-order valence-corrected chi connectivity index (χ4v) is 2.31. The van der Waals surface area contributed by atoms with Crippen LogP contribution < -0.4 is 5.32 Å². The first-order chi connectivity index (χ1) is 10.0. The van der Waals surface area contributed by atoms with Crippen LogP contribution in [0.5, 0.6) is 0 Å². The number of barbiturate groups is 1. The lowest BCUT2D eigenvalue weighted by Gasteiger charge is -2.30. The van der Waals surface area contributed by atoms with Crippen molar-refractivity contribution in [2.75, 3.05) is 6.54 Å². The van der Waals surface area contributed by atoms with Crippen LogP contribution in [0.1, 0.15) is 25.3 Å². The fourth-order valence-electron chi connectivity index (χ4n) is 2.31. The van der Waals surface area contributed by atoms with Gasteiger partial charge in [0.2, 0.25) is 11.8 Å². The lowest BCUT2D eigenvalue weighted by Crippen LogP contribution is -2.58. The number of amides is 4. The third-order valence-corrected chi connectivity index (χ3v) is 3.47. The first kappa shape index (κ1) is 15.2. The third kappa shape index (κ3) is 3.45. The second-order valence-electron chi connectivity index (χ2n) is 5.00. The SMILES string of the molecule is CCCC1C(=O)NC(=O)N(CCc2ccc(F)cc2)C1=O. The van der Waals surface area contributed by atoms with E-state index in [-0.39, 0.29) is 12.4 Å². The molecule has 112 valence electrons. The first-order valence-corrected chi connectivity index (χ1v) is 6.93. The van der Waals surface area contributed by atoms with Crippen LogP contribution in [0.15, 0.2) is 24.3 Å². The van der Waals surface area contributed by atoms with E-state index < -0.39 is 23.8 Å². The number of benzene rings is 1. The zero-order chi connectivity index (χ0) is 15.4. The molecule has 1 heterocycles. The van der Waals surface area contributed by atoms with Crippen molar-refractivity contribution in [3.8, 4) is 0 Å². The smallest absolute Gasteiger partial charge is 0.277 e. The van der Waals surface area contributed by atoms with E-state index in [1.165, 1.54) is 12.1 Å². The molecule has 0 spiro atoms. The molecule has 5 nitrogen and oxygen atoms in total. The number of imide groups is 2. The Hall–Kier alpha value is -2.24. The summed E-state index contributed by atoms with van der Waals surface area (Å²) in [6.07, 6.45) is 1.53. The van der Waals surface area contributed by atoms with Gasteiger partial charge in [0.1, 0.15) is 11.7 Å². The highest BCUT2D eigenvalue weighted by Crippen LogP contribution is 2.16. The van der Waals surface area contributed by atoms with Crippen molar-refractivity contribution < 1.29 is 18.8 Å². The van der Waals surface area contributed by atoms with Gasteiger partial charge < -0.3 is 0 Å². The molecule has 0 bridgehead atoms. The second kappa shape index (κ2) is 6.47. The van der Waals surface area contributed by atoms with Crippen molar-refractivity contribution in [3.05, 3.63) is 35.6 Å². The summed E-state index contributed by atoms with van der Waals surface area (Å²) in [4.78, 5) is 36.7. The molecule has 0 saturated carbocycles. The van der Waals surface area contributed by atoms with Crippen molar-refractivity contribution in [1.82, 2.24) is 10.2 Å². The second-order valence-corrected chi connectivity index (χ2v) is 5.00. The summed E-state index contributed by atoms with van der Waals surface area (Å²) in [6, 6.07) is 5.19. The highest BCUT2D eigenvalue weighted by Gasteiger charge is 2.39. The first-order valence-electron chi connectivity index (χ1n) is 6.93. The number of hydrogen-bond donors (Lipinski definition) is 1. The third-order valence-electron chi connectivity index (χ3n) is 3.47. The predicted octanol–water partition coefficient (Wildman–Crippen LogP) is 1.86. The average molecular weight is 292 g/mol. The molecule has 6 heteroatoms. The Labute approximate surface area is 122 Å². The van der Waals surface area contributed by atoms with Gasteiger partial charge in [0, 0.05) is 6.54 Å². The Kier molecular flexibility index (Phi) is 4.67. The minimum absolute atomic E-state index is 0.170. The van der Waals surface area contributed by atoms with E-state index in [0.29, 0.717) is 19.3 Å². The molecule has 2 rings (SSSR count). The highest BCUT2D eigenvalue weighted by atomic mass is 19.1. The molecule has 1 aromatic carbocycles. The van der Waals surface area contributed by atoms with Crippen molar-refractivity contribution in [2.45, 2.75) is 26.2 Å². The van der Waals surface area contributed by atoms with Crippen LogP contribution in [0.4, 0.5) is 9.18 Å². The Morgan fingerprint density at radius 3 is 2.48 bits per heavy atom. The molecule has 1 aromatic rings. The van der Waals surface area contributed by atoms with Gasteiger partial charge in [-0.25, -0.2) is 9.18 Å². The maximum Gasteiger partial charge on any atom is 0.330 e. The minimum atomic E-state index is -0.791. The van der Waals surface area contributed by atoms with Gasteiger partial charge in [-0.2, -0.15) is 0 Å². The molecular formula is C15H17FN2O3. The summed E-state index contributed by atoms with van der Waals surface area (Å²) in [7, 11) is 0. The number of hydrogen-bond acceptors (Lipinski definition) is 3. The molecule has 0 aromatic heterocycles. The van der Waals surface area contributed by atoms with Crippen LogP contribution in [0.25, 0.3) is 0 Å². The summed E-state index contributed by atoms with van der Waals surface area (Å²) in [6.45, 7) is 2.05. The number of halogens is 1. The standard InChI is InChI=1S/C15H17FN2O3/c1-2-3-12-13(19)17-15(21)18(14(12)20)9-8-10-4-6-11(16)7-5-10/h4-7,12H,2-3,8-9H2,1H3,(H,17,19,21). The molecular weight excluding hydrogens is 275 g/mol. The number of urea groups is 1. The summed E-state index contributed by atoms with van der Waals surface area (Å²) < 4.78 is 12.8. The molecule has 4 amide bonds. The van der Waals surface area contributed by atoms with Crippen LogP contribution >= 0.6 is 0 Å². The molecule has 1 aliphatic heterocycles. The van der Waals surface area contributed by atoms with Gasteiger partial charge in [-0.3, -0.25) is 19.8 Å². The molecule has 1 N–H and O–H groups in total. The van der Waals surface area contributed by atoms with Crippen LogP contribution in [-0.4, -0.2) is 29.3 Å². The molecule has 1 fully saturated rings. The minimum Gasteiger partial charge on any atom is -0.277 e. The number of carbonyl (C=O) groups excluding carboxylic acids is 3. The molecule has 1 aliphatic rings. The molecule has 0 radical (unpaired) electrons. The van der Waals surface area contributed by atoms with E-state index in [0.717, 1.165) is 10.5 Å². The van der Waals surface area contributed by atoms with E-state index in [1.54, 1.807) is 12.1 Å². The van der Waals surface area contributed by atoms with Crippen molar-refractivity contribution in [2.24, 2.45) is 5.92 Å². The quantitative estimate of drug-likeness (QED) is 0.842. The molecule has 1 atom stereocenters. The van der Waals surface area contributed by atoms with E-state index in [9.17, 15) is 18.8 Å². The lowest BCUT2D eigenvalue weighted by atomic mass is 9.99. The van der Waals surface area contributed by atoms with Gasteiger partial charge in [0.25, 0.3) is 0 Å². The monoisotopic (exact) mass is 292 g/mol. The van der Waals surface area contributed by atoms with Gasteiger partial charge in [-0.1, -0.05) is 25.5 Å². The summed E-state index contributed by atoms with van der Waals surface area (Å²) in [5, 5.41) is 2.21. The Morgan fingerprint density at radius 2 is 1.86 bits per heavy atom. The van der Waals surface area contributed by atoms with Crippen LogP contribution in [0.2, 0.25) is 0 Å². The van der Waals surface area contributed by atoms with E-state index >= 15 is 0 Å². The van der Waals surface area contributed by atoms with Crippen LogP contribution in [0, 0.1) is 11.7 Å². The zero-order valence-corrected chi connectivity index (χ0v) is 11.8. The van der Waals surface area contributed by atoms with E-state index in [2.05, 4.69) is 5.32 Å². The summed E-state index contributed by atoms with van der Waals surface area (Å²) in [5.41, 5.74) is 0.820. The molecule has 21 heavy (non-hydrogen) atoms. The molecule has 1 unspecified atom stereocenters.